The number of amides is 2. The van der Waals surface area contributed by atoms with Crippen molar-refractivity contribution in [1.29, 1.82) is 0 Å². The molecule has 43 heavy (non-hydrogen) atoms. The molecule has 3 aliphatic carbocycles. The van der Waals surface area contributed by atoms with E-state index >= 15 is 0 Å². The lowest BCUT2D eigenvalue weighted by atomic mass is 9.54. The Kier molecular flexibility index (Phi) is 8.17. The fourth-order valence-electron chi connectivity index (χ4n) is 6.54. The van der Waals surface area contributed by atoms with Gasteiger partial charge in [-0.15, -0.1) is 0 Å². The predicted octanol–water partition coefficient (Wildman–Crippen LogP) is -0.0432. The molecule has 6 atom stereocenters. The van der Waals surface area contributed by atoms with E-state index in [0.29, 0.717) is 5.56 Å². The average Bonchev–Trinajstić information content (AvgIpc) is 2.90. The Hall–Kier alpha value is -4.27. The van der Waals surface area contributed by atoms with Gasteiger partial charge in [0, 0.05) is 17.9 Å². The number of hydrogen-bond donors (Lipinski definition) is 6. The molecule has 3 aliphatic rings. The van der Waals surface area contributed by atoms with Crippen LogP contribution in [0.3, 0.4) is 0 Å². The summed E-state index contributed by atoms with van der Waals surface area (Å²) in [6.07, 6.45) is -1.60. The van der Waals surface area contributed by atoms with E-state index in [1.165, 1.54) is 38.1 Å². The number of aliphatic hydroxyl groups excluding tert-OH is 2. The first-order chi connectivity index (χ1) is 20.0. The highest BCUT2D eigenvalue weighted by Crippen LogP contribution is 2.57. The first-order valence-corrected chi connectivity index (χ1v) is 13.6. The summed E-state index contributed by atoms with van der Waals surface area (Å²) in [7, 11) is 6.23. The molecule has 1 aromatic carbocycles. The Bertz CT molecular complexity index is 1500. The molecular formula is C29H36N4O10. The van der Waals surface area contributed by atoms with E-state index in [2.05, 4.69) is 5.32 Å². The normalized spacial score (nSPS) is 28.4. The maximum absolute atomic E-state index is 14.3. The van der Waals surface area contributed by atoms with Crippen LogP contribution in [0.2, 0.25) is 0 Å². The van der Waals surface area contributed by atoms with Crippen molar-refractivity contribution in [3.63, 3.8) is 0 Å². The highest BCUT2D eigenvalue weighted by molar-refractivity contribution is 6.24. The molecule has 14 nitrogen and oxygen atoms in total. The summed E-state index contributed by atoms with van der Waals surface area (Å²) in [5.74, 6) is -11.1. The molecule has 232 valence electrons. The van der Waals surface area contributed by atoms with Crippen molar-refractivity contribution in [2.24, 2.45) is 17.6 Å². The number of aromatic hydroxyl groups is 1. The van der Waals surface area contributed by atoms with Crippen LogP contribution in [0, 0.1) is 11.8 Å². The van der Waals surface area contributed by atoms with Gasteiger partial charge in [0.05, 0.1) is 29.8 Å². The third-order valence-corrected chi connectivity index (χ3v) is 8.39. The number of phenolic OH excluding ortho intramolecular Hbond substituents is 1. The van der Waals surface area contributed by atoms with Gasteiger partial charge < -0.3 is 41.1 Å². The zero-order chi connectivity index (χ0) is 32.3. The van der Waals surface area contributed by atoms with Gasteiger partial charge in [-0.05, 0) is 45.7 Å². The van der Waals surface area contributed by atoms with Crippen LogP contribution >= 0.6 is 0 Å². The van der Waals surface area contributed by atoms with E-state index in [-0.39, 0.29) is 24.2 Å². The van der Waals surface area contributed by atoms with E-state index in [1.807, 2.05) is 0 Å². The van der Waals surface area contributed by atoms with Crippen molar-refractivity contribution in [1.82, 2.24) is 9.80 Å². The summed E-state index contributed by atoms with van der Waals surface area (Å²) in [6, 6.07) is 1.49. The third-order valence-electron chi connectivity index (χ3n) is 8.39. The van der Waals surface area contributed by atoms with Crippen LogP contribution in [0.15, 0.2) is 29.0 Å². The molecule has 0 unspecified atom stereocenters. The van der Waals surface area contributed by atoms with Gasteiger partial charge in [-0.3, -0.25) is 28.9 Å². The molecule has 2 amide bonds. The Morgan fingerprint density at radius 2 is 1.72 bits per heavy atom. The van der Waals surface area contributed by atoms with Crippen molar-refractivity contribution >= 4 is 40.8 Å². The van der Waals surface area contributed by atoms with Crippen molar-refractivity contribution < 1.29 is 49.1 Å². The molecule has 0 heterocycles. The number of anilines is 1. The number of nitrogens with one attached hydrogen (secondary N) is 1. The number of fused-ring (bicyclic) bond motifs is 3. The molecule has 1 fully saturated rings. The first-order valence-electron chi connectivity index (χ1n) is 13.6. The summed E-state index contributed by atoms with van der Waals surface area (Å²) < 4.78 is 5.79. The van der Waals surface area contributed by atoms with Crippen LogP contribution < -0.4 is 11.1 Å². The van der Waals surface area contributed by atoms with Gasteiger partial charge in [0.1, 0.15) is 28.9 Å². The number of phenols is 1. The summed E-state index contributed by atoms with van der Waals surface area (Å²) in [4.78, 5) is 68.2. The maximum Gasteiger partial charge on any atom is 0.305 e. The van der Waals surface area contributed by atoms with Crippen LogP contribution in [-0.2, 0) is 28.7 Å². The molecule has 0 aromatic heterocycles. The number of nitrogens with zero attached hydrogens (tertiary/aromatic N) is 2. The van der Waals surface area contributed by atoms with Gasteiger partial charge >= 0.3 is 5.97 Å². The number of aliphatic hydroxyl groups is 3. The lowest BCUT2D eigenvalue weighted by molar-refractivity contribution is -0.185. The van der Waals surface area contributed by atoms with Gasteiger partial charge in [-0.25, -0.2) is 0 Å². The van der Waals surface area contributed by atoms with E-state index in [9.17, 15) is 44.4 Å². The topological polar surface area (TPSA) is 220 Å². The zero-order valence-electron chi connectivity index (χ0n) is 24.7. The number of ether oxygens (including phenoxy) is 1. The fraction of sp³-hybridized carbons (Fsp3) is 0.483. The maximum atomic E-state index is 14.3. The van der Waals surface area contributed by atoms with Gasteiger partial charge in [-0.2, -0.15) is 0 Å². The van der Waals surface area contributed by atoms with Crippen LogP contribution in [-0.4, -0.2) is 112 Å². The molecule has 0 saturated heterocycles. The number of rotatable bonds is 7. The SMILES string of the molecule is CCC(=O)O[C@H]1[C@H]2C(=C(O)c3c(ccc(NC(=O)CN(C)C)c3O)[C@@H]2C)C(=O)[C@]2(O)C(O)=C(C(N)=O)C(=O)[C@@H](N(C)C)[C@H]12. The van der Waals surface area contributed by atoms with Crippen LogP contribution in [0.1, 0.15) is 37.3 Å². The second-order valence-corrected chi connectivity index (χ2v) is 11.6. The average molecular weight is 601 g/mol. The lowest BCUT2D eigenvalue weighted by Crippen LogP contribution is -2.71. The molecule has 7 N–H and O–H groups in total. The van der Waals surface area contributed by atoms with E-state index in [0.717, 1.165) is 0 Å². The molecule has 0 spiro atoms. The quantitative estimate of drug-likeness (QED) is 0.138. The van der Waals surface area contributed by atoms with E-state index in [4.69, 9.17) is 10.5 Å². The summed E-state index contributed by atoms with van der Waals surface area (Å²) in [6.45, 7) is 3.14. The van der Waals surface area contributed by atoms with Crippen molar-refractivity contribution in [2.45, 2.75) is 43.9 Å². The number of Topliss-reactive ketones (excluding diaryl/α,β-unsaturated/α-hetero) is 2. The molecule has 4 rings (SSSR count). The number of primary amides is 1. The van der Waals surface area contributed by atoms with Crippen molar-refractivity contribution in [3.05, 3.63) is 40.2 Å². The van der Waals surface area contributed by atoms with Crippen LogP contribution in [0.5, 0.6) is 5.75 Å². The second-order valence-electron chi connectivity index (χ2n) is 11.6. The summed E-state index contributed by atoms with van der Waals surface area (Å²) >= 11 is 0. The molecule has 0 bridgehead atoms. The van der Waals surface area contributed by atoms with Gasteiger partial charge in [0.25, 0.3) is 5.91 Å². The molecule has 0 radical (unpaired) electrons. The number of likely N-dealkylation sites (N-methyl/N-ethyl adjacent to an activating group) is 2. The molecule has 14 heteroatoms. The predicted molar refractivity (Wildman–Crippen MR) is 152 cm³/mol. The smallest absolute Gasteiger partial charge is 0.305 e. The number of benzene rings is 1. The monoisotopic (exact) mass is 600 g/mol. The number of hydrogen-bond acceptors (Lipinski definition) is 12. The minimum Gasteiger partial charge on any atom is -0.508 e. The van der Waals surface area contributed by atoms with Gasteiger partial charge in [0.15, 0.2) is 11.4 Å². The minimum atomic E-state index is -3.03. The lowest BCUT2D eigenvalue weighted by Gasteiger charge is -2.54. The largest absolute Gasteiger partial charge is 0.508 e. The Labute approximate surface area is 247 Å². The molecular weight excluding hydrogens is 564 g/mol. The standard InChI is InChI=1S/C29H36N4O10/c1-7-15(35)43-25-16-11(2)12-8-9-13(31-14(34)10-32(3)4)22(36)17(12)23(37)18(16)26(39)29(42)20(25)21(33(5)6)24(38)19(27(29)40)28(30)41/h8-9,11,16,20-21,25,36-37,40,42H,7,10H2,1-6H3,(H2,30,41)(H,31,34)/t11-,16+,20+,21-,25-,29-/m0/s1. The number of carbonyl (C=O) groups is 5. The molecule has 1 saturated carbocycles. The Morgan fingerprint density at radius 3 is 2.26 bits per heavy atom. The number of esters is 1. The summed E-state index contributed by atoms with van der Waals surface area (Å²) in [5.41, 5.74) is 0.908. The van der Waals surface area contributed by atoms with Gasteiger partial charge in [-0.1, -0.05) is 19.9 Å². The highest BCUT2D eigenvalue weighted by Gasteiger charge is 2.69. The van der Waals surface area contributed by atoms with E-state index < -0.39 is 93.3 Å². The number of nitrogens with two attached hydrogens (primary N) is 1. The van der Waals surface area contributed by atoms with Crippen molar-refractivity contribution in [2.75, 3.05) is 40.1 Å². The zero-order valence-corrected chi connectivity index (χ0v) is 24.7. The number of carbonyl (C=O) groups excluding carboxylic acids is 5. The molecule has 1 aromatic rings. The van der Waals surface area contributed by atoms with E-state index in [1.54, 1.807) is 25.9 Å². The minimum absolute atomic E-state index is 0.0149. The second kappa shape index (κ2) is 11.1. The Balaban J connectivity index is 2.03. The first kappa shape index (κ1) is 31.7. The Morgan fingerprint density at radius 1 is 1.09 bits per heavy atom. The van der Waals surface area contributed by atoms with Crippen LogP contribution in [0.25, 0.3) is 5.76 Å². The number of ketones is 2. The molecule has 0 aliphatic heterocycles. The summed E-state index contributed by atoms with van der Waals surface area (Å²) in [5, 5.41) is 48.6. The third kappa shape index (κ3) is 4.75. The van der Waals surface area contributed by atoms with Crippen molar-refractivity contribution in [3.8, 4) is 5.75 Å². The highest BCUT2D eigenvalue weighted by atomic mass is 16.5. The fourth-order valence-corrected chi connectivity index (χ4v) is 6.54. The van der Waals surface area contributed by atoms with Gasteiger partial charge in [0.2, 0.25) is 11.7 Å². The van der Waals surface area contributed by atoms with Crippen LogP contribution in [0.4, 0.5) is 5.69 Å².